The molecule has 0 bridgehead atoms. The Morgan fingerprint density at radius 1 is 1.32 bits per heavy atom. The highest BCUT2D eigenvalue weighted by atomic mass is 35.5. The highest BCUT2D eigenvalue weighted by Crippen LogP contribution is 2.23. The van der Waals surface area contributed by atoms with Crippen molar-refractivity contribution >= 4 is 35.1 Å². The molecule has 1 atom stereocenters. The van der Waals surface area contributed by atoms with Gasteiger partial charge in [-0.05, 0) is 25.3 Å². The molecule has 6 nitrogen and oxygen atoms in total. The predicted molar refractivity (Wildman–Crippen MR) is 68.4 cm³/mol. The normalized spacial score (nSPS) is 19.3. The second-order valence-electron chi connectivity index (χ2n) is 4.22. The van der Waals surface area contributed by atoms with E-state index < -0.39 is 17.9 Å². The minimum absolute atomic E-state index is 0.0386. The number of halogens is 2. The molecule has 2 rings (SSSR count). The molecule has 1 N–H and O–H groups in total. The average molecular weight is 304 g/mol. The van der Waals surface area contributed by atoms with Gasteiger partial charge in [-0.15, -0.1) is 10.2 Å². The molecule has 1 aliphatic heterocycles. The van der Waals surface area contributed by atoms with E-state index in [1.165, 1.54) is 11.0 Å². The number of rotatable bonds is 2. The van der Waals surface area contributed by atoms with Gasteiger partial charge in [-0.1, -0.05) is 23.2 Å². The van der Waals surface area contributed by atoms with Gasteiger partial charge in [0.15, 0.2) is 10.3 Å². The van der Waals surface area contributed by atoms with Gasteiger partial charge >= 0.3 is 5.97 Å². The third-order valence-electron chi connectivity index (χ3n) is 3.00. The molecule has 1 aromatic heterocycles. The van der Waals surface area contributed by atoms with Crippen molar-refractivity contribution in [3.05, 3.63) is 21.9 Å². The van der Waals surface area contributed by atoms with Crippen molar-refractivity contribution in [2.75, 3.05) is 6.54 Å². The molecule has 19 heavy (non-hydrogen) atoms. The monoisotopic (exact) mass is 303 g/mol. The predicted octanol–water partition coefficient (Wildman–Crippen LogP) is 1.86. The molecule has 102 valence electrons. The zero-order chi connectivity index (χ0) is 14.0. The van der Waals surface area contributed by atoms with Crippen molar-refractivity contribution in [1.82, 2.24) is 15.1 Å². The summed E-state index contributed by atoms with van der Waals surface area (Å²) in [5, 5.41) is 16.2. The van der Waals surface area contributed by atoms with E-state index in [4.69, 9.17) is 28.3 Å². The standard InChI is InChI=1S/C11H11Cl2N3O3/c12-8-5-6(9(13)15-14-8)10(17)16-4-2-1-3-7(16)11(18)19/h5,7H,1-4H2,(H,18,19). The van der Waals surface area contributed by atoms with Crippen LogP contribution in [-0.4, -0.2) is 44.7 Å². The Morgan fingerprint density at radius 3 is 2.74 bits per heavy atom. The molecule has 1 amide bonds. The maximum atomic E-state index is 12.3. The first kappa shape index (κ1) is 14.0. The summed E-state index contributed by atoms with van der Waals surface area (Å²) in [5.41, 5.74) is 0.0785. The van der Waals surface area contributed by atoms with E-state index in [0.29, 0.717) is 13.0 Å². The summed E-state index contributed by atoms with van der Waals surface area (Å²) in [7, 11) is 0. The highest BCUT2D eigenvalue weighted by Gasteiger charge is 2.33. The summed E-state index contributed by atoms with van der Waals surface area (Å²) >= 11 is 11.5. The number of amides is 1. The molecule has 0 saturated carbocycles. The van der Waals surface area contributed by atoms with E-state index in [1.807, 2.05) is 0 Å². The zero-order valence-corrected chi connectivity index (χ0v) is 11.4. The Labute approximate surface area is 119 Å². The molecule has 1 fully saturated rings. The number of aromatic nitrogens is 2. The number of hydrogen-bond donors (Lipinski definition) is 1. The lowest BCUT2D eigenvalue weighted by Crippen LogP contribution is -2.48. The van der Waals surface area contributed by atoms with Crippen LogP contribution >= 0.6 is 23.2 Å². The van der Waals surface area contributed by atoms with Crippen LogP contribution in [0.4, 0.5) is 0 Å². The Morgan fingerprint density at radius 2 is 2.05 bits per heavy atom. The molecule has 2 heterocycles. The molecule has 1 aliphatic rings. The summed E-state index contributed by atoms with van der Waals surface area (Å²) in [4.78, 5) is 24.8. The van der Waals surface area contributed by atoms with Crippen LogP contribution in [0.15, 0.2) is 6.07 Å². The third kappa shape index (κ3) is 2.96. The zero-order valence-electron chi connectivity index (χ0n) is 9.84. The third-order valence-corrected chi connectivity index (χ3v) is 3.46. The van der Waals surface area contributed by atoms with E-state index in [9.17, 15) is 9.59 Å². The van der Waals surface area contributed by atoms with Crippen LogP contribution in [-0.2, 0) is 4.79 Å². The van der Waals surface area contributed by atoms with Gasteiger partial charge in [-0.25, -0.2) is 4.79 Å². The highest BCUT2D eigenvalue weighted by molar-refractivity contribution is 6.34. The summed E-state index contributed by atoms with van der Waals surface area (Å²) in [5.74, 6) is -1.49. The van der Waals surface area contributed by atoms with Gasteiger partial charge in [0.1, 0.15) is 6.04 Å². The van der Waals surface area contributed by atoms with Gasteiger partial charge in [-0.2, -0.15) is 0 Å². The van der Waals surface area contributed by atoms with E-state index in [1.54, 1.807) is 0 Å². The fraction of sp³-hybridized carbons (Fsp3) is 0.455. The molecule has 0 aromatic carbocycles. The van der Waals surface area contributed by atoms with Crippen molar-refractivity contribution in [1.29, 1.82) is 0 Å². The molecule has 1 aromatic rings. The number of nitrogens with zero attached hydrogens (tertiary/aromatic N) is 3. The van der Waals surface area contributed by atoms with Gasteiger partial charge in [0.05, 0.1) is 5.56 Å². The number of aliphatic carboxylic acids is 1. The second kappa shape index (κ2) is 5.71. The smallest absolute Gasteiger partial charge is 0.326 e. The number of carbonyl (C=O) groups excluding carboxylic acids is 1. The minimum atomic E-state index is -1.02. The van der Waals surface area contributed by atoms with Crippen molar-refractivity contribution in [3.63, 3.8) is 0 Å². The molecule has 0 spiro atoms. The van der Waals surface area contributed by atoms with Gasteiger partial charge in [0.2, 0.25) is 0 Å². The van der Waals surface area contributed by atoms with Crippen LogP contribution in [0.25, 0.3) is 0 Å². The Kier molecular flexibility index (Phi) is 4.21. The molecular weight excluding hydrogens is 293 g/mol. The average Bonchev–Trinajstić information content (AvgIpc) is 2.40. The van der Waals surface area contributed by atoms with Crippen LogP contribution < -0.4 is 0 Å². The molecular formula is C11H11Cl2N3O3. The van der Waals surface area contributed by atoms with Crippen LogP contribution in [0.2, 0.25) is 10.3 Å². The van der Waals surface area contributed by atoms with Crippen molar-refractivity contribution < 1.29 is 14.7 Å². The molecule has 1 saturated heterocycles. The quantitative estimate of drug-likeness (QED) is 0.901. The number of carbonyl (C=O) groups is 2. The number of piperidine rings is 1. The van der Waals surface area contributed by atoms with E-state index >= 15 is 0 Å². The Hall–Kier alpha value is -1.40. The molecule has 0 radical (unpaired) electrons. The van der Waals surface area contributed by atoms with Crippen LogP contribution in [0.3, 0.4) is 0 Å². The fourth-order valence-electron chi connectivity index (χ4n) is 2.09. The SMILES string of the molecule is O=C(O)C1CCCCN1C(=O)c1cc(Cl)nnc1Cl. The number of carboxylic acids is 1. The second-order valence-corrected chi connectivity index (χ2v) is 4.97. The van der Waals surface area contributed by atoms with Gasteiger partial charge in [-0.3, -0.25) is 4.79 Å². The summed E-state index contributed by atoms with van der Waals surface area (Å²) in [6, 6.07) is 0.469. The lowest BCUT2D eigenvalue weighted by Gasteiger charge is -2.33. The Balaban J connectivity index is 2.31. The van der Waals surface area contributed by atoms with E-state index in [2.05, 4.69) is 10.2 Å². The topological polar surface area (TPSA) is 83.4 Å². The van der Waals surface area contributed by atoms with Crippen molar-refractivity contribution in [2.24, 2.45) is 0 Å². The van der Waals surface area contributed by atoms with Crippen LogP contribution in [0.1, 0.15) is 29.6 Å². The molecule has 1 unspecified atom stereocenters. The Bertz CT molecular complexity index is 524. The lowest BCUT2D eigenvalue weighted by atomic mass is 10.0. The molecule has 0 aliphatic carbocycles. The van der Waals surface area contributed by atoms with E-state index in [-0.39, 0.29) is 15.9 Å². The number of carboxylic acid groups (broad SMARTS) is 1. The van der Waals surface area contributed by atoms with Crippen molar-refractivity contribution in [3.8, 4) is 0 Å². The summed E-state index contributed by atoms with van der Waals surface area (Å²) < 4.78 is 0. The lowest BCUT2D eigenvalue weighted by molar-refractivity contribution is -0.143. The van der Waals surface area contributed by atoms with Gasteiger partial charge in [0.25, 0.3) is 5.91 Å². The summed E-state index contributed by atoms with van der Waals surface area (Å²) in [6.45, 7) is 0.381. The van der Waals surface area contributed by atoms with Crippen molar-refractivity contribution in [2.45, 2.75) is 25.3 Å². The van der Waals surface area contributed by atoms with Gasteiger partial charge in [0, 0.05) is 6.54 Å². The first-order valence-corrected chi connectivity index (χ1v) is 6.49. The van der Waals surface area contributed by atoms with Crippen LogP contribution in [0, 0.1) is 0 Å². The first-order chi connectivity index (χ1) is 9.00. The number of hydrogen-bond acceptors (Lipinski definition) is 4. The maximum absolute atomic E-state index is 12.3. The van der Waals surface area contributed by atoms with Gasteiger partial charge < -0.3 is 10.0 Å². The number of likely N-dealkylation sites (tertiary alicyclic amines) is 1. The van der Waals surface area contributed by atoms with Crippen LogP contribution in [0.5, 0.6) is 0 Å². The fourth-order valence-corrected chi connectivity index (χ4v) is 2.41. The maximum Gasteiger partial charge on any atom is 0.326 e. The minimum Gasteiger partial charge on any atom is -0.480 e. The first-order valence-electron chi connectivity index (χ1n) is 5.73. The molecule has 8 heteroatoms. The largest absolute Gasteiger partial charge is 0.480 e. The summed E-state index contributed by atoms with van der Waals surface area (Å²) in [6.07, 6.45) is 1.98. The van der Waals surface area contributed by atoms with E-state index in [0.717, 1.165) is 12.8 Å².